The van der Waals surface area contributed by atoms with Gasteiger partial charge in [-0.05, 0) is 38.0 Å². The van der Waals surface area contributed by atoms with Crippen molar-refractivity contribution in [1.29, 1.82) is 0 Å². The number of hydrogen-bond acceptors (Lipinski definition) is 5. The van der Waals surface area contributed by atoms with Gasteiger partial charge in [-0.25, -0.2) is 15.0 Å². The van der Waals surface area contributed by atoms with Crippen LogP contribution in [0.3, 0.4) is 0 Å². The summed E-state index contributed by atoms with van der Waals surface area (Å²) in [6, 6.07) is 5.86. The van der Waals surface area contributed by atoms with E-state index in [2.05, 4.69) is 19.9 Å². The van der Waals surface area contributed by atoms with Crippen LogP contribution in [-0.4, -0.2) is 56.3 Å². The highest BCUT2D eigenvalue weighted by molar-refractivity contribution is 5.93. The minimum Gasteiger partial charge on any atom is -0.339 e. The number of nitrogens with zero attached hydrogens (tertiary/aromatic N) is 6. The third-order valence-electron chi connectivity index (χ3n) is 4.75. The third kappa shape index (κ3) is 3.12. The Balaban J connectivity index is 1.51. The summed E-state index contributed by atoms with van der Waals surface area (Å²) in [4.78, 5) is 30.4. The standard InChI is InChI=1S/C19H22N6O/c1-14-5-3-8-25-13-16(22-17(14)25)18(26)23-9-4-10-24(12-11-23)19-20-7-6-15(2)21-19/h3,5-8,13H,4,9-12H2,1-2H3. The first-order valence-electron chi connectivity index (χ1n) is 8.90. The fraction of sp³-hybridized carbons (Fsp3) is 0.368. The van der Waals surface area contributed by atoms with E-state index in [-0.39, 0.29) is 5.91 Å². The van der Waals surface area contributed by atoms with Gasteiger partial charge in [-0.1, -0.05) is 6.07 Å². The first-order chi connectivity index (χ1) is 12.6. The van der Waals surface area contributed by atoms with E-state index in [1.807, 2.05) is 53.7 Å². The Labute approximate surface area is 152 Å². The summed E-state index contributed by atoms with van der Waals surface area (Å²) in [7, 11) is 0. The monoisotopic (exact) mass is 350 g/mol. The molecular weight excluding hydrogens is 328 g/mol. The molecule has 26 heavy (non-hydrogen) atoms. The molecule has 1 aliphatic heterocycles. The average Bonchev–Trinajstić information content (AvgIpc) is 2.93. The second-order valence-corrected chi connectivity index (χ2v) is 6.68. The molecule has 134 valence electrons. The number of hydrogen-bond donors (Lipinski definition) is 0. The molecule has 7 nitrogen and oxygen atoms in total. The number of aryl methyl sites for hydroxylation is 2. The van der Waals surface area contributed by atoms with E-state index in [1.165, 1.54) is 0 Å². The maximum Gasteiger partial charge on any atom is 0.274 e. The smallest absolute Gasteiger partial charge is 0.274 e. The zero-order valence-corrected chi connectivity index (χ0v) is 15.1. The molecule has 0 N–H and O–H groups in total. The Morgan fingerprint density at radius 3 is 2.77 bits per heavy atom. The molecule has 0 aliphatic carbocycles. The SMILES string of the molecule is Cc1ccnc(N2CCCN(C(=O)c3cn4cccc(C)c4n3)CC2)n1. The predicted octanol–water partition coefficient (Wildman–Crippen LogP) is 2.09. The summed E-state index contributed by atoms with van der Waals surface area (Å²) in [5.74, 6) is 0.725. The van der Waals surface area contributed by atoms with E-state index in [0.717, 1.165) is 42.4 Å². The van der Waals surface area contributed by atoms with E-state index in [4.69, 9.17) is 0 Å². The molecule has 3 aromatic rings. The summed E-state index contributed by atoms with van der Waals surface area (Å²) in [5, 5.41) is 0. The second kappa shape index (κ2) is 6.74. The summed E-state index contributed by atoms with van der Waals surface area (Å²) in [5.41, 5.74) is 3.34. The number of aromatic nitrogens is 4. The van der Waals surface area contributed by atoms with Crippen LogP contribution in [0.5, 0.6) is 0 Å². The van der Waals surface area contributed by atoms with Gasteiger partial charge >= 0.3 is 0 Å². The van der Waals surface area contributed by atoms with Gasteiger partial charge in [-0.2, -0.15) is 0 Å². The van der Waals surface area contributed by atoms with Gasteiger partial charge < -0.3 is 14.2 Å². The molecule has 3 aromatic heterocycles. The third-order valence-corrected chi connectivity index (χ3v) is 4.75. The summed E-state index contributed by atoms with van der Waals surface area (Å²) in [6.07, 6.45) is 6.41. The van der Waals surface area contributed by atoms with Crippen LogP contribution < -0.4 is 4.90 Å². The largest absolute Gasteiger partial charge is 0.339 e. The molecular formula is C19H22N6O. The minimum absolute atomic E-state index is 0.0138. The van der Waals surface area contributed by atoms with E-state index < -0.39 is 0 Å². The van der Waals surface area contributed by atoms with Gasteiger partial charge in [0.05, 0.1) is 0 Å². The van der Waals surface area contributed by atoms with Gasteiger partial charge in [0, 0.05) is 50.5 Å². The molecule has 0 bridgehead atoms. The van der Waals surface area contributed by atoms with Gasteiger partial charge in [-0.3, -0.25) is 4.79 Å². The molecule has 1 aliphatic rings. The molecule has 7 heteroatoms. The average molecular weight is 350 g/mol. The van der Waals surface area contributed by atoms with Crippen LogP contribution in [0, 0.1) is 13.8 Å². The molecule has 0 aromatic carbocycles. The van der Waals surface area contributed by atoms with Crippen molar-refractivity contribution in [2.75, 3.05) is 31.1 Å². The lowest BCUT2D eigenvalue weighted by Gasteiger charge is -2.21. The number of amides is 1. The van der Waals surface area contributed by atoms with Crippen molar-refractivity contribution in [2.24, 2.45) is 0 Å². The zero-order chi connectivity index (χ0) is 18.1. The summed E-state index contributed by atoms with van der Waals surface area (Å²) < 4.78 is 1.91. The van der Waals surface area contributed by atoms with Crippen molar-refractivity contribution in [2.45, 2.75) is 20.3 Å². The quantitative estimate of drug-likeness (QED) is 0.708. The Hall–Kier alpha value is -2.96. The molecule has 4 rings (SSSR count). The van der Waals surface area contributed by atoms with Gasteiger partial charge in [0.2, 0.25) is 5.95 Å². The number of carbonyl (C=O) groups excluding carboxylic acids is 1. The number of fused-ring (bicyclic) bond motifs is 1. The topological polar surface area (TPSA) is 66.6 Å². The Kier molecular flexibility index (Phi) is 4.28. The van der Waals surface area contributed by atoms with E-state index >= 15 is 0 Å². The molecule has 1 fully saturated rings. The normalized spacial score (nSPS) is 15.3. The number of rotatable bonds is 2. The summed E-state index contributed by atoms with van der Waals surface area (Å²) >= 11 is 0. The second-order valence-electron chi connectivity index (χ2n) is 6.68. The fourth-order valence-electron chi connectivity index (χ4n) is 3.33. The highest BCUT2D eigenvalue weighted by atomic mass is 16.2. The number of anilines is 1. The number of pyridine rings is 1. The first-order valence-corrected chi connectivity index (χ1v) is 8.90. The van der Waals surface area contributed by atoms with Crippen molar-refractivity contribution in [3.05, 3.63) is 53.7 Å². The van der Waals surface area contributed by atoms with Crippen LogP contribution in [0.15, 0.2) is 36.8 Å². The van der Waals surface area contributed by atoms with Crippen LogP contribution >= 0.6 is 0 Å². The van der Waals surface area contributed by atoms with Crippen molar-refractivity contribution >= 4 is 17.5 Å². The first kappa shape index (κ1) is 16.5. The van der Waals surface area contributed by atoms with Gasteiger partial charge in [0.25, 0.3) is 5.91 Å². The van der Waals surface area contributed by atoms with Crippen LogP contribution in [0.4, 0.5) is 5.95 Å². The van der Waals surface area contributed by atoms with Gasteiger partial charge in [0.1, 0.15) is 11.3 Å². The maximum absolute atomic E-state index is 12.9. The molecule has 1 amide bonds. The molecule has 0 atom stereocenters. The zero-order valence-electron chi connectivity index (χ0n) is 15.1. The minimum atomic E-state index is -0.0138. The Morgan fingerprint density at radius 1 is 1.08 bits per heavy atom. The lowest BCUT2D eigenvalue weighted by atomic mass is 10.3. The lowest BCUT2D eigenvalue weighted by Crippen LogP contribution is -2.35. The highest BCUT2D eigenvalue weighted by Gasteiger charge is 2.23. The van der Waals surface area contributed by atoms with Gasteiger partial charge in [-0.15, -0.1) is 0 Å². The lowest BCUT2D eigenvalue weighted by molar-refractivity contribution is 0.0762. The van der Waals surface area contributed by atoms with Crippen LogP contribution in [0.2, 0.25) is 0 Å². The van der Waals surface area contributed by atoms with Crippen LogP contribution in [0.25, 0.3) is 5.65 Å². The van der Waals surface area contributed by atoms with E-state index in [9.17, 15) is 4.79 Å². The predicted molar refractivity (Wildman–Crippen MR) is 99.4 cm³/mol. The maximum atomic E-state index is 12.9. The van der Waals surface area contributed by atoms with E-state index in [0.29, 0.717) is 18.8 Å². The molecule has 0 radical (unpaired) electrons. The molecule has 1 saturated heterocycles. The van der Waals surface area contributed by atoms with Crippen molar-refractivity contribution in [3.63, 3.8) is 0 Å². The number of carbonyl (C=O) groups is 1. The molecule has 4 heterocycles. The van der Waals surface area contributed by atoms with Crippen LogP contribution in [0.1, 0.15) is 28.2 Å². The molecule has 0 spiro atoms. The van der Waals surface area contributed by atoms with Crippen molar-refractivity contribution in [1.82, 2.24) is 24.3 Å². The Morgan fingerprint density at radius 2 is 1.96 bits per heavy atom. The van der Waals surface area contributed by atoms with E-state index in [1.54, 1.807) is 6.20 Å². The molecule has 0 saturated carbocycles. The Bertz CT molecular complexity index is 950. The van der Waals surface area contributed by atoms with Gasteiger partial charge in [0.15, 0.2) is 0 Å². The fourth-order valence-corrected chi connectivity index (χ4v) is 3.33. The van der Waals surface area contributed by atoms with Crippen molar-refractivity contribution < 1.29 is 4.79 Å². The highest BCUT2D eigenvalue weighted by Crippen LogP contribution is 2.15. The molecule has 0 unspecified atom stereocenters. The number of imidazole rings is 1. The van der Waals surface area contributed by atoms with Crippen molar-refractivity contribution in [3.8, 4) is 0 Å². The van der Waals surface area contributed by atoms with Crippen LogP contribution in [-0.2, 0) is 0 Å². The summed E-state index contributed by atoms with van der Waals surface area (Å²) in [6.45, 7) is 6.89.